The molecule has 2 saturated heterocycles. The molecule has 9 rings (SSSR count). The molecule has 2 fully saturated rings. The Kier molecular flexibility index (Phi) is 18.5. The highest BCUT2D eigenvalue weighted by Gasteiger charge is 2.41. The van der Waals surface area contributed by atoms with E-state index in [1.165, 1.54) is 4.90 Å². The number of H-pyrrole nitrogens is 1. The van der Waals surface area contributed by atoms with Gasteiger partial charge in [-0.15, -0.1) is 0 Å². The van der Waals surface area contributed by atoms with Gasteiger partial charge < -0.3 is 35.8 Å². The minimum Gasteiger partial charge on any atom is -0.480 e. The van der Waals surface area contributed by atoms with Gasteiger partial charge in [0, 0.05) is 42.0 Å². The molecule has 6 aromatic carbocycles. The Hall–Kier alpha value is -6.11. The van der Waals surface area contributed by atoms with Crippen molar-refractivity contribution in [3.05, 3.63) is 116 Å². The first-order chi connectivity index (χ1) is 35.0. The van der Waals surface area contributed by atoms with Crippen molar-refractivity contribution >= 4 is 132 Å². The number of hydrogen-bond acceptors (Lipinski definition) is 10. The predicted molar refractivity (Wildman–Crippen MR) is 311 cm³/mol. The summed E-state index contributed by atoms with van der Waals surface area (Å²) in [5, 5.41) is 18.3. The maximum absolute atomic E-state index is 12.8. The van der Waals surface area contributed by atoms with Crippen molar-refractivity contribution in [3.63, 3.8) is 0 Å². The van der Waals surface area contributed by atoms with Gasteiger partial charge in [0.1, 0.15) is 28.7 Å². The largest absolute Gasteiger partial charge is 0.480 e. The molecule has 0 aliphatic carbocycles. The number of aromatic nitrogens is 2. The standard InChI is InChI=1S/C21H24BrN3O2.C15H16BrNO2.C11H19NO4.C10H9BrN2/c1-12-5-10-17(25(12)20(26)27-21(2,3)4)19-23-16-9-6-13-11-14(22)7-8-15(13)18(16)24-19;1-15(2,3)19-14(18)17-13-7-5-10-8-12(16)6-4-11(10)9-13;1-7-5-6-8(9(13)14)12(7)10(15)16-11(2,3)4;11-7-2-3-8-6(5-7)1-4-9(12)10(8)13/h6-9,11-12,17H,5,10H2,1-4H3,(H,23,24);4-9H,1-3H3,(H,17,18);7-8H,5-6H2,1-4H3,(H,13,14);1-5H,12-13H2/t12-,17-;;7-,8-;/m0.0./s1. The highest BCUT2D eigenvalue weighted by Crippen LogP contribution is 2.38. The summed E-state index contributed by atoms with van der Waals surface area (Å²) in [5.41, 5.74) is 13.9. The van der Waals surface area contributed by atoms with Gasteiger partial charge in [0.05, 0.1) is 28.5 Å². The van der Waals surface area contributed by atoms with Crippen LogP contribution in [-0.2, 0) is 19.0 Å². The highest BCUT2D eigenvalue weighted by molar-refractivity contribution is 9.11. The molecular formula is C57H68Br3N7O8. The van der Waals surface area contributed by atoms with E-state index in [2.05, 4.69) is 89.3 Å². The lowest BCUT2D eigenvalue weighted by Gasteiger charge is -2.30. The third-order valence-electron chi connectivity index (χ3n) is 12.1. The molecule has 1 aromatic heterocycles. The third-order valence-corrected chi connectivity index (χ3v) is 13.6. The minimum atomic E-state index is -0.963. The number of carbonyl (C=O) groups is 4. The summed E-state index contributed by atoms with van der Waals surface area (Å²) in [4.78, 5) is 58.8. The number of imidazole rings is 1. The van der Waals surface area contributed by atoms with Crippen molar-refractivity contribution in [1.82, 2.24) is 19.8 Å². The van der Waals surface area contributed by atoms with Gasteiger partial charge in [-0.25, -0.2) is 24.2 Å². The lowest BCUT2D eigenvalue weighted by Crippen LogP contribution is -2.46. The Bertz CT molecular complexity index is 3220. The van der Waals surface area contributed by atoms with Crippen LogP contribution in [0.3, 0.4) is 0 Å². The Morgan fingerprint density at radius 2 is 1.09 bits per heavy atom. The van der Waals surface area contributed by atoms with E-state index in [1.807, 2.05) is 126 Å². The summed E-state index contributed by atoms with van der Waals surface area (Å²) in [7, 11) is 0. The predicted octanol–water partition coefficient (Wildman–Crippen LogP) is 15.5. The molecule has 0 radical (unpaired) electrons. The van der Waals surface area contributed by atoms with E-state index in [4.69, 9.17) is 35.8 Å². The normalized spacial score (nSPS) is 17.6. The number of rotatable bonds is 3. The molecule has 3 heterocycles. The van der Waals surface area contributed by atoms with Crippen LogP contribution in [0.25, 0.3) is 43.4 Å². The first-order valence-corrected chi connectivity index (χ1v) is 27.1. The minimum absolute atomic E-state index is 0.0732. The molecule has 2 aliphatic heterocycles. The maximum Gasteiger partial charge on any atom is 0.412 e. The second-order valence-electron chi connectivity index (χ2n) is 21.7. The van der Waals surface area contributed by atoms with Crippen molar-refractivity contribution in [1.29, 1.82) is 0 Å². The number of ether oxygens (including phenoxy) is 3. The molecule has 0 unspecified atom stereocenters. The zero-order valence-electron chi connectivity index (χ0n) is 44.3. The number of carbonyl (C=O) groups excluding carboxylic acids is 3. The lowest BCUT2D eigenvalue weighted by atomic mass is 10.1. The number of halogens is 3. The van der Waals surface area contributed by atoms with Crippen molar-refractivity contribution < 1.29 is 38.5 Å². The Labute approximate surface area is 463 Å². The van der Waals surface area contributed by atoms with Crippen LogP contribution < -0.4 is 16.8 Å². The number of nitrogens with zero attached hydrogens (tertiary/aromatic N) is 3. The van der Waals surface area contributed by atoms with E-state index in [1.54, 1.807) is 20.8 Å². The number of hydrogen-bond donors (Lipinski definition) is 5. The summed E-state index contributed by atoms with van der Waals surface area (Å²) in [6.45, 7) is 20.4. The number of amides is 3. The maximum atomic E-state index is 12.8. The van der Waals surface area contributed by atoms with Gasteiger partial charge in [-0.3, -0.25) is 15.1 Å². The topological polar surface area (TPSA) is 215 Å². The van der Waals surface area contributed by atoms with Crippen LogP contribution in [0.5, 0.6) is 0 Å². The molecule has 3 amide bonds. The molecule has 7 aromatic rings. The first kappa shape index (κ1) is 58.2. The van der Waals surface area contributed by atoms with Crippen LogP contribution in [0.2, 0.25) is 0 Å². The van der Waals surface area contributed by atoms with Crippen molar-refractivity contribution in [3.8, 4) is 0 Å². The molecule has 18 heteroatoms. The Morgan fingerprint density at radius 3 is 1.69 bits per heavy atom. The van der Waals surface area contributed by atoms with Gasteiger partial charge in [-0.05, 0) is 184 Å². The molecule has 0 saturated carbocycles. The monoisotopic (exact) mass is 1220 g/mol. The van der Waals surface area contributed by atoms with E-state index in [0.717, 1.165) is 81.1 Å². The van der Waals surface area contributed by atoms with E-state index in [-0.39, 0.29) is 24.2 Å². The van der Waals surface area contributed by atoms with Gasteiger partial charge >= 0.3 is 24.2 Å². The fourth-order valence-electron chi connectivity index (χ4n) is 8.73. The van der Waals surface area contributed by atoms with E-state index in [9.17, 15) is 19.2 Å². The van der Waals surface area contributed by atoms with Gasteiger partial charge in [0.2, 0.25) is 0 Å². The number of carboxylic acids is 1. The molecular weight excluding hydrogens is 1150 g/mol. The average molecular weight is 1220 g/mol. The molecule has 75 heavy (non-hydrogen) atoms. The lowest BCUT2D eigenvalue weighted by molar-refractivity contribution is -0.142. The van der Waals surface area contributed by atoms with Gasteiger partial charge in [0.15, 0.2) is 0 Å². The van der Waals surface area contributed by atoms with Crippen LogP contribution in [-0.4, -0.2) is 84.1 Å². The van der Waals surface area contributed by atoms with Crippen molar-refractivity contribution in [2.24, 2.45) is 0 Å². The first-order valence-electron chi connectivity index (χ1n) is 24.7. The quantitative estimate of drug-likeness (QED) is 0.0828. The Morgan fingerprint density at radius 1 is 0.613 bits per heavy atom. The number of aromatic amines is 1. The summed E-state index contributed by atoms with van der Waals surface area (Å²) in [6, 6.07) is 31.0. The number of benzene rings is 6. The number of fused-ring (bicyclic) bond motifs is 5. The van der Waals surface area contributed by atoms with Crippen molar-refractivity contribution in [2.75, 3.05) is 16.8 Å². The number of aliphatic carboxylic acids is 1. The van der Waals surface area contributed by atoms with Crippen LogP contribution >= 0.6 is 47.8 Å². The van der Waals surface area contributed by atoms with Gasteiger partial charge in [-0.1, -0.05) is 84.2 Å². The number of likely N-dealkylation sites (tertiary alicyclic amines) is 2. The molecule has 4 atom stereocenters. The zero-order chi connectivity index (χ0) is 55.3. The smallest absolute Gasteiger partial charge is 0.412 e. The SMILES string of the molecule is CC(C)(C)OC(=O)Nc1ccc2cc(Br)ccc2c1.C[C@H]1CC[C@@H](C(=O)O)N1C(=O)OC(C)(C)C.C[C@H]1CC[C@@H](c2nc3c(ccc4cc(Br)ccc43)[nH]2)N1C(=O)OC(C)(C)C.Nc1ccc2cc(Br)ccc2c1N. The zero-order valence-corrected chi connectivity index (χ0v) is 49.1. The van der Waals surface area contributed by atoms with Crippen LogP contribution in [0.15, 0.2) is 110 Å². The summed E-state index contributed by atoms with van der Waals surface area (Å²) in [6.07, 6.45) is 1.77. The van der Waals surface area contributed by atoms with E-state index < -0.39 is 41.0 Å². The summed E-state index contributed by atoms with van der Waals surface area (Å²) >= 11 is 10.4. The van der Waals surface area contributed by atoms with Crippen molar-refractivity contribution in [2.45, 2.75) is 143 Å². The molecule has 2 aliphatic rings. The fraction of sp³-hybridized carbons (Fsp3) is 0.386. The number of carboxylic acid groups (broad SMARTS) is 1. The number of nitrogens with two attached hydrogens (primary N) is 2. The van der Waals surface area contributed by atoms with E-state index in [0.29, 0.717) is 24.2 Å². The fourth-order valence-corrected chi connectivity index (χ4v) is 9.87. The van der Waals surface area contributed by atoms with Crippen LogP contribution in [0, 0.1) is 0 Å². The van der Waals surface area contributed by atoms with Crippen LogP contribution in [0.1, 0.15) is 114 Å². The average Bonchev–Trinajstić information content (AvgIpc) is 4.03. The molecule has 400 valence electrons. The highest BCUT2D eigenvalue weighted by atomic mass is 79.9. The molecule has 0 bridgehead atoms. The third kappa shape index (κ3) is 15.7. The second-order valence-corrected chi connectivity index (χ2v) is 24.5. The van der Waals surface area contributed by atoms with Gasteiger partial charge in [0.25, 0.3) is 0 Å². The summed E-state index contributed by atoms with van der Waals surface area (Å²) < 4.78 is 19.2. The number of nitrogen functional groups attached to an aromatic ring is 2. The number of nitrogens with one attached hydrogen (secondary N) is 2. The van der Waals surface area contributed by atoms with Gasteiger partial charge in [-0.2, -0.15) is 0 Å². The molecule has 0 spiro atoms. The molecule has 7 N–H and O–H groups in total. The second kappa shape index (κ2) is 23.8. The Balaban J connectivity index is 0.000000169. The summed E-state index contributed by atoms with van der Waals surface area (Å²) in [5.74, 6) is -0.133. The van der Waals surface area contributed by atoms with Crippen LogP contribution in [0.4, 0.5) is 31.4 Å². The molecule has 15 nitrogen and oxygen atoms in total. The van der Waals surface area contributed by atoms with E-state index >= 15 is 0 Å². The number of anilines is 3.